The SMILES string of the molecule is COc1ccc(Cl)cc1-c1ccc(C=C(C#N)c2nn(-c3ccccc3)c(N)c2C#N)o1. The molecule has 7 nitrogen and oxygen atoms in total. The number of methoxy groups -OCH3 is 1. The number of nitrogens with two attached hydrogens (primary N) is 1. The summed E-state index contributed by atoms with van der Waals surface area (Å²) in [5, 5.41) is 24.4. The lowest BCUT2D eigenvalue weighted by molar-refractivity contribution is 0.414. The van der Waals surface area contributed by atoms with Gasteiger partial charge in [0.1, 0.15) is 46.5 Å². The number of halogens is 1. The second-order valence-corrected chi connectivity index (χ2v) is 7.12. The summed E-state index contributed by atoms with van der Waals surface area (Å²) in [6.07, 6.45) is 1.51. The van der Waals surface area contributed by atoms with E-state index in [1.807, 2.05) is 24.3 Å². The number of nitriles is 2. The van der Waals surface area contributed by atoms with Gasteiger partial charge in [-0.2, -0.15) is 15.6 Å². The molecule has 0 aliphatic carbocycles. The van der Waals surface area contributed by atoms with Gasteiger partial charge in [-0.15, -0.1) is 0 Å². The summed E-state index contributed by atoms with van der Waals surface area (Å²) in [5.41, 5.74) is 7.94. The molecule has 156 valence electrons. The molecule has 0 unspecified atom stereocenters. The minimum Gasteiger partial charge on any atom is -0.496 e. The summed E-state index contributed by atoms with van der Waals surface area (Å²) in [7, 11) is 1.56. The van der Waals surface area contributed by atoms with Crippen LogP contribution in [0.2, 0.25) is 5.02 Å². The molecule has 32 heavy (non-hydrogen) atoms. The van der Waals surface area contributed by atoms with Crippen molar-refractivity contribution in [3.05, 3.63) is 82.7 Å². The quantitative estimate of drug-likeness (QED) is 0.419. The zero-order chi connectivity index (χ0) is 22.7. The Kier molecular flexibility index (Phi) is 5.67. The van der Waals surface area contributed by atoms with E-state index in [-0.39, 0.29) is 22.6 Å². The highest BCUT2D eigenvalue weighted by Gasteiger charge is 2.20. The van der Waals surface area contributed by atoms with Crippen molar-refractivity contribution in [2.24, 2.45) is 0 Å². The summed E-state index contributed by atoms with van der Waals surface area (Å²) in [6, 6.07) is 21.9. The van der Waals surface area contributed by atoms with Crippen molar-refractivity contribution in [1.29, 1.82) is 10.5 Å². The largest absolute Gasteiger partial charge is 0.496 e. The molecule has 0 saturated carbocycles. The van der Waals surface area contributed by atoms with Gasteiger partial charge in [0.25, 0.3) is 0 Å². The van der Waals surface area contributed by atoms with Crippen LogP contribution >= 0.6 is 11.6 Å². The van der Waals surface area contributed by atoms with Crippen LogP contribution in [0.3, 0.4) is 0 Å². The van der Waals surface area contributed by atoms with Crippen molar-refractivity contribution in [2.45, 2.75) is 0 Å². The molecule has 2 aromatic carbocycles. The van der Waals surface area contributed by atoms with Crippen LogP contribution in [0.15, 0.2) is 65.1 Å². The Morgan fingerprint density at radius 1 is 1.16 bits per heavy atom. The fraction of sp³-hybridized carbons (Fsp3) is 0.0417. The Hall–Kier alpha value is -4.46. The molecule has 2 N–H and O–H groups in total. The number of ether oxygens (including phenoxy) is 1. The molecule has 2 heterocycles. The van der Waals surface area contributed by atoms with Crippen LogP contribution in [-0.4, -0.2) is 16.9 Å². The minimum absolute atomic E-state index is 0.116. The van der Waals surface area contributed by atoms with Crippen molar-refractivity contribution < 1.29 is 9.15 Å². The van der Waals surface area contributed by atoms with E-state index in [0.717, 1.165) is 0 Å². The van der Waals surface area contributed by atoms with Crippen molar-refractivity contribution >= 4 is 29.1 Å². The van der Waals surface area contributed by atoms with E-state index in [0.29, 0.717) is 33.5 Å². The van der Waals surface area contributed by atoms with Crippen LogP contribution < -0.4 is 10.5 Å². The lowest BCUT2D eigenvalue weighted by Gasteiger charge is -2.06. The van der Waals surface area contributed by atoms with Crippen molar-refractivity contribution in [2.75, 3.05) is 12.8 Å². The summed E-state index contributed by atoms with van der Waals surface area (Å²) < 4.78 is 12.7. The van der Waals surface area contributed by atoms with E-state index < -0.39 is 0 Å². The average Bonchev–Trinajstić information content (AvgIpc) is 3.42. The van der Waals surface area contributed by atoms with E-state index in [4.69, 9.17) is 26.5 Å². The maximum Gasteiger partial charge on any atom is 0.145 e. The van der Waals surface area contributed by atoms with Crippen LogP contribution in [0.1, 0.15) is 17.0 Å². The Labute approximate surface area is 189 Å². The standard InChI is InChI=1S/C24H16ClN5O2/c1-31-21-9-7-16(25)12-19(21)22-10-8-18(32-22)11-15(13-26)23-20(14-27)24(28)30(29-23)17-5-3-2-4-6-17/h2-12H,28H2,1H3. The number of para-hydroxylation sites is 1. The predicted octanol–water partition coefficient (Wildman–Crippen LogP) is 5.31. The van der Waals surface area contributed by atoms with E-state index in [2.05, 4.69) is 11.2 Å². The fourth-order valence-corrected chi connectivity index (χ4v) is 3.41. The molecule has 0 spiro atoms. The van der Waals surface area contributed by atoms with E-state index in [9.17, 15) is 10.5 Å². The zero-order valence-corrected chi connectivity index (χ0v) is 17.7. The van der Waals surface area contributed by atoms with Crippen LogP contribution in [0.25, 0.3) is 28.7 Å². The molecule has 0 bridgehead atoms. The third kappa shape index (κ3) is 3.81. The van der Waals surface area contributed by atoms with E-state index in [1.165, 1.54) is 10.8 Å². The molecular weight excluding hydrogens is 426 g/mol. The van der Waals surface area contributed by atoms with Gasteiger partial charge in [-0.3, -0.25) is 0 Å². The third-order valence-corrected chi connectivity index (χ3v) is 4.98. The molecule has 0 aliphatic heterocycles. The van der Waals surface area contributed by atoms with Gasteiger partial charge in [-0.1, -0.05) is 29.8 Å². The monoisotopic (exact) mass is 441 g/mol. The number of allylic oxidation sites excluding steroid dienone is 1. The number of anilines is 1. The van der Waals surface area contributed by atoms with Crippen LogP contribution in [-0.2, 0) is 0 Å². The molecule has 4 aromatic rings. The fourth-order valence-electron chi connectivity index (χ4n) is 3.24. The Morgan fingerprint density at radius 3 is 2.62 bits per heavy atom. The molecule has 8 heteroatoms. The van der Waals surface area contributed by atoms with E-state index in [1.54, 1.807) is 49.6 Å². The number of furan rings is 1. The van der Waals surface area contributed by atoms with Crippen LogP contribution in [0.4, 0.5) is 5.82 Å². The average molecular weight is 442 g/mol. The first-order valence-corrected chi connectivity index (χ1v) is 9.83. The first-order chi connectivity index (χ1) is 15.5. The zero-order valence-electron chi connectivity index (χ0n) is 16.9. The number of aromatic nitrogens is 2. The second kappa shape index (κ2) is 8.73. The summed E-state index contributed by atoms with van der Waals surface area (Å²) in [5.74, 6) is 1.66. The smallest absolute Gasteiger partial charge is 0.145 e. The maximum atomic E-state index is 9.78. The van der Waals surface area contributed by atoms with Gasteiger partial charge in [-0.05, 0) is 42.5 Å². The first-order valence-electron chi connectivity index (χ1n) is 9.45. The third-order valence-electron chi connectivity index (χ3n) is 4.75. The van der Waals surface area contributed by atoms with Gasteiger partial charge >= 0.3 is 0 Å². The van der Waals surface area contributed by atoms with Gasteiger partial charge < -0.3 is 14.9 Å². The van der Waals surface area contributed by atoms with Gasteiger partial charge in [0.2, 0.25) is 0 Å². The molecular formula is C24H16ClN5O2. The van der Waals surface area contributed by atoms with Gasteiger partial charge in [0, 0.05) is 11.1 Å². The number of nitrogen functional groups attached to an aromatic ring is 1. The Bertz CT molecular complexity index is 1400. The van der Waals surface area contributed by atoms with E-state index >= 15 is 0 Å². The summed E-state index contributed by atoms with van der Waals surface area (Å²) >= 11 is 6.11. The number of benzene rings is 2. The normalized spacial score (nSPS) is 11.1. The highest BCUT2D eigenvalue weighted by molar-refractivity contribution is 6.30. The number of rotatable bonds is 5. The number of hydrogen-bond acceptors (Lipinski definition) is 6. The molecule has 2 aromatic heterocycles. The second-order valence-electron chi connectivity index (χ2n) is 6.68. The maximum absolute atomic E-state index is 9.78. The first kappa shape index (κ1) is 20.8. The molecule has 0 saturated heterocycles. The Balaban J connectivity index is 1.77. The highest BCUT2D eigenvalue weighted by Crippen LogP contribution is 2.34. The van der Waals surface area contributed by atoms with Crippen molar-refractivity contribution in [3.63, 3.8) is 0 Å². The molecule has 4 rings (SSSR count). The topological polar surface area (TPSA) is 114 Å². The number of nitrogens with zero attached hydrogens (tertiary/aromatic N) is 4. The highest BCUT2D eigenvalue weighted by atomic mass is 35.5. The minimum atomic E-state index is 0.116. The van der Waals surface area contributed by atoms with Crippen LogP contribution in [0, 0.1) is 22.7 Å². The molecule has 0 aliphatic rings. The lowest BCUT2D eigenvalue weighted by atomic mass is 10.1. The van der Waals surface area contributed by atoms with Gasteiger partial charge in [0.05, 0.1) is 23.9 Å². The molecule has 0 radical (unpaired) electrons. The van der Waals surface area contributed by atoms with Gasteiger partial charge in [-0.25, -0.2) is 4.68 Å². The number of hydrogen-bond donors (Lipinski definition) is 1. The van der Waals surface area contributed by atoms with Crippen LogP contribution in [0.5, 0.6) is 5.75 Å². The summed E-state index contributed by atoms with van der Waals surface area (Å²) in [4.78, 5) is 0. The molecule has 0 fully saturated rings. The van der Waals surface area contributed by atoms with Crippen molar-refractivity contribution in [3.8, 4) is 34.9 Å². The molecule has 0 atom stereocenters. The van der Waals surface area contributed by atoms with Gasteiger partial charge in [0.15, 0.2) is 0 Å². The summed E-state index contributed by atoms with van der Waals surface area (Å²) in [6.45, 7) is 0. The predicted molar refractivity (Wildman–Crippen MR) is 122 cm³/mol. The molecule has 0 amide bonds. The lowest BCUT2D eigenvalue weighted by Crippen LogP contribution is -2.02. The van der Waals surface area contributed by atoms with Crippen molar-refractivity contribution in [1.82, 2.24) is 9.78 Å². The Morgan fingerprint density at radius 2 is 1.94 bits per heavy atom.